The monoisotopic (exact) mass is 471 g/mol. The molecule has 182 valence electrons. The molecule has 1 aliphatic heterocycles. The van der Waals surface area contributed by atoms with Crippen LogP contribution in [0.4, 0.5) is 0 Å². The van der Waals surface area contributed by atoms with Gasteiger partial charge in [-0.15, -0.1) is 0 Å². The lowest BCUT2D eigenvalue weighted by molar-refractivity contribution is -0.141. The predicted octanol–water partition coefficient (Wildman–Crippen LogP) is 4.44. The Morgan fingerprint density at radius 1 is 1.17 bits per heavy atom. The first kappa shape index (κ1) is 23.2. The van der Waals surface area contributed by atoms with Crippen LogP contribution in [0.5, 0.6) is 0 Å². The first-order valence-electron chi connectivity index (χ1n) is 12.2. The number of fused-ring (bicyclic) bond motifs is 1. The summed E-state index contributed by atoms with van der Waals surface area (Å²) in [5.74, 6) is 0.460. The van der Waals surface area contributed by atoms with Gasteiger partial charge in [0, 0.05) is 36.5 Å². The topological polar surface area (TPSA) is 82.4 Å². The molecule has 0 saturated carbocycles. The average molecular weight is 472 g/mol. The smallest absolute Gasteiger partial charge is 0.240 e. The van der Waals surface area contributed by atoms with Crippen LogP contribution in [0.1, 0.15) is 55.8 Å². The van der Waals surface area contributed by atoms with Crippen molar-refractivity contribution < 1.29 is 4.79 Å². The van der Waals surface area contributed by atoms with Crippen LogP contribution in [0, 0.1) is 6.92 Å². The molecule has 8 nitrogen and oxygen atoms in total. The highest BCUT2D eigenvalue weighted by molar-refractivity contribution is 5.83. The number of likely N-dealkylation sites (tertiary alicyclic amines) is 1. The zero-order valence-corrected chi connectivity index (χ0v) is 21.3. The highest BCUT2D eigenvalue weighted by Crippen LogP contribution is 2.36. The first-order valence-corrected chi connectivity index (χ1v) is 12.2. The Hall–Kier alpha value is -3.52. The van der Waals surface area contributed by atoms with E-state index in [9.17, 15) is 4.79 Å². The maximum atomic E-state index is 12.8. The molecule has 0 unspecified atom stereocenters. The van der Waals surface area contributed by atoms with E-state index in [-0.39, 0.29) is 23.9 Å². The number of nitrogens with one attached hydrogen (secondary N) is 1. The fourth-order valence-electron chi connectivity index (χ4n) is 4.98. The van der Waals surface area contributed by atoms with E-state index in [1.54, 1.807) is 6.33 Å². The second-order valence-electron chi connectivity index (χ2n) is 9.99. The van der Waals surface area contributed by atoms with Crippen molar-refractivity contribution in [2.45, 2.75) is 52.1 Å². The number of nitrogens with zero attached hydrogens (tertiary/aromatic N) is 6. The number of benzene rings is 1. The third kappa shape index (κ3) is 4.01. The fraction of sp³-hybridized carbons (Fsp3) is 0.407. The van der Waals surface area contributed by atoms with E-state index in [4.69, 9.17) is 5.10 Å². The van der Waals surface area contributed by atoms with Gasteiger partial charge in [-0.2, -0.15) is 10.2 Å². The third-order valence-electron chi connectivity index (χ3n) is 7.40. The van der Waals surface area contributed by atoms with Crippen LogP contribution in [-0.2, 0) is 4.79 Å². The summed E-state index contributed by atoms with van der Waals surface area (Å²) >= 11 is 0. The lowest BCUT2D eigenvalue weighted by Gasteiger charge is -2.40. The van der Waals surface area contributed by atoms with Crippen molar-refractivity contribution in [3.8, 4) is 22.5 Å². The molecular formula is C27H33N7O. The molecule has 8 heteroatoms. The third-order valence-corrected chi connectivity index (χ3v) is 7.40. The number of aryl methyl sites for hydroxylation is 1. The van der Waals surface area contributed by atoms with E-state index in [2.05, 4.69) is 71.2 Å². The summed E-state index contributed by atoms with van der Waals surface area (Å²) < 4.78 is 1.81. The average Bonchev–Trinajstić information content (AvgIpc) is 3.50. The number of likely N-dealkylation sites (N-methyl/N-ethyl adjacent to an activating group) is 2. The minimum atomic E-state index is 0.00208. The lowest BCUT2D eigenvalue weighted by atomic mass is 9.93. The van der Waals surface area contributed by atoms with Gasteiger partial charge in [0.1, 0.15) is 6.33 Å². The maximum absolute atomic E-state index is 12.8. The second-order valence-corrected chi connectivity index (χ2v) is 9.99. The summed E-state index contributed by atoms with van der Waals surface area (Å²) in [4.78, 5) is 21.1. The Morgan fingerprint density at radius 3 is 2.54 bits per heavy atom. The van der Waals surface area contributed by atoms with Crippen LogP contribution in [-0.4, -0.2) is 67.2 Å². The molecule has 5 rings (SSSR count). The van der Waals surface area contributed by atoms with Crippen molar-refractivity contribution in [1.29, 1.82) is 0 Å². The number of hydrogen-bond acceptors (Lipinski definition) is 5. The zero-order chi connectivity index (χ0) is 24.9. The van der Waals surface area contributed by atoms with Crippen molar-refractivity contribution in [1.82, 2.24) is 34.6 Å². The number of carbonyl (C=O) groups excluding carboxylic acids is 1. The van der Waals surface area contributed by atoms with Crippen molar-refractivity contribution in [2.24, 2.45) is 0 Å². The minimum Gasteiger partial charge on any atom is -0.338 e. The van der Waals surface area contributed by atoms with Crippen LogP contribution >= 0.6 is 0 Å². The van der Waals surface area contributed by atoms with Crippen molar-refractivity contribution in [3.63, 3.8) is 0 Å². The molecule has 2 atom stereocenters. The Bertz CT molecular complexity index is 1370. The van der Waals surface area contributed by atoms with Gasteiger partial charge in [0.15, 0.2) is 5.65 Å². The summed E-state index contributed by atoms with van der Waals surface area (Å²) in [6.45, 7) is 9.49. The number of aromatic amines is 1. The van der Waals surface area contributed by atoms with Crippen molar-refractivity contribution in [3.05, 3.63) is 59.5 Å². The SMILES string of the molecule is Cc1cc(-c2[nH]nc(-c3ccc([C@H](C)N(C)C(=O)[C@@H]4CCN4C)cc3)c2C(C)C)cn2ncnc12. The number of pyridine rings is 1. The van der Waals surface area contributed by atoms with Gasteiger partial charge in [0.25, 0.3) is 0 Å². The molecule has 4 aromatic rings. The summed E-state index contributed by atoms with van der Waals surface area (Å²) in [6.07, 6.45) is 4.51. The molecule has 1 N–H and O–H groups in total. The fourth-order valence-corrected chi connectivity index (χ4v) is 4.98. The molecule has 1 aliphatic rings. The van der Waals surface area contributed by atoms with Crippen molar-refractivity contribution >= 4 is 11.6 Å². The predicted molar refractivity (Wildman–Crippen MR) is 137 cm³/mol. The number of H-pyrrole nitrogens is 1. The first-order chi connectivity index (χ1) is 16.8. The van der Waals surface area contributed by atoms with Crippen molar-refractivity contribution in [2.75, 3.05) is 20.6 Å². The summed E-state index contributed by atoms with van der Waals surface area (Å²) in [5.41, 5.74) is 8.25. The Labute approximate surface area is 206 Å². The lowest BCUT2D eigenvalue weighted by Crippen LogP contribution is -2.54. The van der Waals surface area contributed by atoms with E-state index in [1.807, 2.05) is 36.6 Å². The van der Waals surface area contributed by atoms with E-state index in [1.165, 1.54) is 5.56 Å². The number of rotatable bonds is 6. The van der Waals surface area contributed by atoms with Gasteiger partial charge in [-0.1, -0.05) is 38.1 Å². The van der Waals surface area contributed by atoms with Crippen LogP contribution in [0.15, 0.2) is 42.9 Å². The molecule has 1 aromatic carbocycles. The van der Waals surface area contributed by atoms with Gasteiger partial charge < -0.3 is 4.90 Å². The van der Waals surface area contributed by atoms with Crippen LogP contribution in [0.3, 0.4) is 0 Å². The quantitative estimate of drug-likeness (QED) is 0.450. The van der Waals surface area contributed by atoms with Crippen LogP contribution in [0.25, 0.3) is 28.2 Å². The van der Waals surface area contributed by atoms with Gasteiger partial charge >= 0.3 is 0 Å². The summed E-state index contributed by atoms with van der Waals surface area (Å²) in [5, 5.41) is 12.3. The molecule has 1 fully saturated rings. The van der Waals surface area contributed by atoms with Gasteiger partial charge in [-0.25, -0.2) is 9.50 Å². The second kappa shape index (κ2) is 8.92. The molecule has 3 aromatic heterocycles. The minimum absolute atomic E-state index is 0.00208. The highest BCUT2D eigenvalue weighted by atomic mass is 16.2. The van der Waals surface area contributed by atoms with E-state index >= 15 is 0 Å². The molecule has 0 bridgehead atoms. The standard InChI is InChI=1S/C27H33N7O/c1-16(2)23-24(30-31-25(23)21-13-17(3)26-28-15-29-34(26)14-21)20-9-7-19(8-10-20)18(4)33(6)27(35)22-11-12-32(22)5/h7-10,13-16,18,22H,11-12H2,1-6H3,(H,30,31)/t18-,22-/m0/s1. The van der Waals surface area contributed by atoms with E-state index in [0.717, 1.165) is 52.3 Å². The van der Waals surface area contributed by atoms with Crippen LogP contribution < -0.4 is 0 Å². The molecule has 4 heterocycles. The molecule has 1 saturated heterocycles. The molecule has 0 aliphatic carbocycles. The molecular weight excluding hydrogens is 438 g/mol. The largest absolute Gasteiger partial charge is 0.338 e. The van der Waals surface area contributed by atoms with E-state index in [0.29, 0.717) is 0 Å². The summed E-state index contributed by atoms with van der Waals surface area (Å²) in [7, 11) is 3.91. The van der Waals surface area contributed by atoms with Gasteiger partial charge in [0.05, 0.1) is 23.5 Å². The summed E-state index contributed by atoms with van der Waals surface area (Å²) in [6, 6.07) is 10.6. The number of hydrogen-bond donors (Lipinski definition) is 1. The number of carbonyl (C=O) groups is 1. The van der Waals surface area contributed by atoms with Crippen LogP contribution in [0.2, 0.25) is 0 Å². The molecule has 0 radical (unpaired) electrons. The van der Waals surface area contributed by atoms with Gasteiger partial charge in [0.2, 0.25) is 5.91 Å². The zero-order valence-electron chi connectivity index (χ0n) is 21.3. The Balaban J connectivity index is 1.44. The molecule has 0 spiro atoms. The Morgan fingerprint density at radius 2 is 1.91 bits per heavy atom. The van der Waals surface area contributed by atoms with Gasteiger partial charge in [-0.3, -0.25) is 14.8 Å². The normalized spacial score (nSPS) is 17.1. The molecule has 35 heavy (non-hydrogen) atoms. The number of aromatic nitrogens is 5. The molecule has 1 amide bonds. The Kier molecular flexibility index (Phi) is 5.92. The maximum Gasteiger partial charge on any atom is 0.240 e. The van der Waals surface area contributed by atoms with Gasteiger partial charge in [-0.05, 0) is 50.4 Å². The highest BCUT2D eigenvalue weighted by Gasteiger charge is 2.34. The van der Waals surface area contributed by atoms with E-state index < -0.39 is 0 Å². The number of amides is 1.